The lowest BCUT2D eigenvalue weighted by Gasteiger charge is -2.59. The smallest absolute Gasteiger partial charge is 0.384 e. The zero-order valence-electron chi connectivity index (χ0n) is 29.1. The largest absolute Gasteiger partial charge is 0.497 e. The fourth-order valence-electron chi connectivity index (χ4n) is 5.58. The second kappa shape index (κ2) is 14.4. The van der Waals surface area contributed by atoms with Crippen LogP contribution in [0.25, 0.3) is 0 Å². The monoisotopic (exact) mass is 648 g/mol. The Balaban J connectivity index is 1.85. The number of fused-ring (bicyclic) bond motifs is 1. The summed E-state index contributed by atoms with van der Waals surface area (Å²) in [6.45, 7) is 23.1. The number of methoxy groups -OCH3 is 2. The number of ether oxygens (including phenoxy) is 5. The van der Waals surface area contributed by atoms with Crippen LogP contribution in [0.2, 0.25) is 37.8 Å². The van der Waals surface area contributed by atoms with Gasteiger partial charge in [0.15, 0.2) is 16.6 Å². The van der Waals surface area contributed by atoms with Crippen LogP contribution in [0.3, 0.4) is 0 Å². The van der Waals surface area contributed by atoms with Gasteiger partial charge in [0.25, 0.3) is 0 Å². The summed E-state index contributed by atoms with van der Waals surface area (Å²) in [5.41, 5.74) is -0.314. The average Bonchev–Trinajstić information content (AvgIpc) is 2.92. The predicted octanol–water partition coefficient (Wildman–Crippen LogP) is 6.87. The minimum absolute atomic E-state index is 0.150. The molecule has 1 aromatic rings. The minimum Gasteiger partial charge on any atom is -0.497 e. The van der Waals surface area contributed by atoms with E-state index in [1.807, 2.05) is 24.3 Å². The molecule has 2 fully saturated rings. The van der Waals surface area contributed by atoms with Crippen molar-refractivity contribution < 1.29 is 37.3 Å². The number of carbonyl (C=O) groups is 1. The van der Waals surface area contributed by atoms with Gasteiger partial charge in [0.1, 0.15) is 11.9 Å². The van der Waals surface area contributed by atoms with Gasteiger partial charge in [0.05, 0.1) is 50.3 Å². The molecule has 0 spiro atoms. The molecule has 0 bridgehead atoms. The SMILES string of the molecule is COC(=O)C#C[C@H]1O[C@@]2(C)C[C@@H](OCc3ccc(OC)cc3)[C@H](CCCO[Si](C)(C)C(C)(C)C)O[C@]2(C)C[C@@H]1O[Si](C)(C)C. The van der Waals surface area contributed by atoms with Crippen molar-refractivity contribution in [3.05, 3.63) is 29.8 Å². The van der Waals surface area contributed by atoms with E-state index in [1.54, 1.807) is 7.11 Å². The molecule has 2 aliphatic rings. The van der Waals surface area contributed by atoms with Crippen LogP contribution in [0.5, 0.6) is 5.75 Å². The maximum atomic E-state index is 11.9. The molecule has 3 rings (SSSR count). The second-order valence-electron chi connectivity index (χ2n) is 15.0. The van der Waals surface area contributed by atoms with Crippen molar-refractivity contribution in [2.45, 2.75) is 140 Å². The molecule has 0 saturated carbocycles. The first-order valence-electron chi connectivity index (χ1n) is 15.8. The summed E-state index contributed by atoms with van der Waals surface area (Å²) < 4.78 is 43.6. The molecular formula is C34H56O8Si2. The molecular weight excluding hydrogens is 593 g/mol. The first-order chi connectivity index (χ1) is 20.3. The van der Waals surface area contributed by atoms with Crippen molar-refractivity contribution in [3.8, 4) is 17.6 Å². The number of carbonyl (C=O) groups excluding carboxylic acids is 1. The maximum absolute atomic E-state index is 11.9. The highest BCUT2D eigenvalue weighted by Gasteiger charge is 2.60. The third kappa shape index (κ3) is 9.41. The Morgan fingerprint density at radius 2 is 1.59 bits per heavy atom. The molecule has 0 aromatic heterocycles. The molecule has 44 heavy (non-hydrogen) atoms. The first-order valence-corrected chi connectivity index (χ1v) is 22.1. The highest BCUT2D eigenvalue weighted by molar-refractivity contribution is 6.74. The molecule has 6 atom stereocenters. The fraction of sp³-hybridized carbons (Fsp3) is 0.735. The molecule has 0 N–H and O–H groups in total. The van der Waals surface area contributed by atoms with E-state index in [4.69, 9.17) is 32.5 Å². The quantitative estimate of drug-likeness (QED) is 0.0845. The Labute approximate surface area is 268 Å². The Morgan fingerprint density at radius 3 is 2.16 bits per heavy atom. The first kappa shape index (κ1) is 36.7. The van der Waals surface area contributed by atoms with Crippen LogP contribution >= 0.6 is 0 Å². The van der Waals surface area contributed by atoms with Crippen molar-refractivity contribution in [2.75, 3.05) is 20.8 Å². The van der Waals surface area contributed by atoms with Crippen LogP contribution in [0.15, 0.2) is 24.3 Å². The molecule has 2 saturated heterocycles. The number of hydrogen-bond acceptors (Lipinski definition) is 8. The summed E-state index contributed by atoms with van der Waals surface area (Å²) in [5.74, 6) is 5.81. The van der Waals surface area contributed by atoms with Gasteiger partial charge in [-0.1, -0.05) is 38.8 Å². The lowest BCUT2D eigenvalue weighted by Crippen LogP contribution is -2.69. The standard InChI is InChI=1S/C34H56O8Si2/c1-32(2,3)44(11,12)39-21-13-14-27-29(38-24-25-15-17-26(36-6)18-16-25)22-33(4)34(5,40-27)23-30(42-43(8,9)10)28(41-33)19-20-31(35)37-7/h15-18,27-30H,13-14,21-24H2,1-12H3/t27-,28+,29+,30-,33-,34+/m0/s1. The van der Waals surface area contributed by atoms with Gasteiger partial charge in [-0.2, -0.15) is 0 Å². The van der Waals surface area contributed by atoms with Crippen molar-refractivity contribution in [1.82, 2.24) is 0 Å². The van der Waals surface area contributed by atoms with E-state index in [9.17, 15) is 4.79 Å². The molecule has 2 aliphatic heterocycles. The summed E-state index contributed by atoms with van der Waals surface area (Å²) in [6, 6.07) is 7.92. The van der Waals surface area contributed by atoms with E-state index in [2.05, 4.69) is 79.2 Å². The molecule has 10 heteroatoms. The molecule has 2 heterocycles. The van der Waals surface area contributed by atoms with Crippen LogP contribution < -0.4 is 4.74 Å². The second-order valence-corrected chi connectivity index (χ2v) is 24.3. The fourth-order valence-corrected chi connectivity index (χ4v) is 7.78. The zero-order valence-corrected chi connectivity index (χ0v) is 31.1. The average molecular weight is 649 g/mol. The molecule has 8 nitrogen and oxygen atoms in total. The van der Waals surface area contributed by atoms with E-state index in [-0.39, 0.29) is 23.4 Å². The molecule has 248 valence electrons. The summed E-state index contributed by atoms with van der Waals surface area (Å²) in [7, 11) is -0.843. The summed E-state index contributed by atoms with van der Waals surface area (Å²) in [5, 5.41) is 0.158. The van der Waals surface area contributed by atoms with Gasteiger partial charge in [-0.3, -0.25) is 0 Å². The third-order valence-corrected chi connectivity index (χ3v) is 14.9. The van der Waals surface area contributed by atoms with Crippen molar-refractivity contribution in [3.63, 3.8) is 0 Å². The highest BCUT2D eigenvalue weighted by atomic mass is 28.4. The topological polar surface area (TPSA) is 81.7 Å². The van der Waals surface area contributed by atoms with Crippen molar-refractivity contribution in [1.29, 1.82) is 0 Å². The van der Waals surface area contributed by atoms with Gasteiger partial charge >= 0.3 is 5.97 Å². The molecule has 0 aliphatic carbocycles. The predicted molar refractivity (Wildman–Crippen MR) is 178 cm³/mol. The van der Waals surface area contributed by atoms with Crippen LogP contribution in [-0.2, 0) is 39.2 Å². The van der Waals surface area contributed by atoms with Gasteiger partial charge in [0.2, 0.25) is 0 Å². The zero-order chi connectivity index (χ0) is 33.0. The normalized spacial score (nSPS) is 29.3. The molecule has 0 amide bonds. The van der Waals surface area contributed by atoms with Gasteiger partial charge in [-0.25, -0.2) is 4.79 Å². The number of benzene rings is 1. The van der Waals surface area contributed by atoms with E-state index >= 15 is 0 Å². The van der Waals surface area contributed by atoms with Crippen molar-refractivity contribution >= 4 is 22.6 Å². The van der Waals surface area contributed by atoms with Gasteiger partial charge < -0.3 is 32.5 Å². The lowest BCUT2D eigenvalue weighted by atomic mass is 9.71. The van der Waals surface area contributed by atoms with Gasteiger partial charge in [0, 0.05) is 25.4 Å². The van der Waals surface area contributed by atoms with E-state index in [0.29, 0.717) is 26.1 Å². The highest BCUT2D eigenvalue weighted by Crippen LogP contribution is 2.50. The number of rotatable bonds is 11. The molecule has 0 radical (unpaired) electrons. The van der Waals surface area contributed by atoms with Crippen LogP contribution in [0, 0.1) is 11.8 Å². The van der Waals surface area contributed by atoms with Crippen LogP contribution in [0.4, 0.5) is 0 Å². The van der Waals surface area contributed by atoms with Crippen LogP contribution in [0.1, 0.15) is 65.9 Å². The van der Waals surface area contributed by atoms with Crippen LogP contribution in [-0.4, -0.2) is 79.0 Å². The number of hydrogen-bond donors (Lipinski definition) is 0. The summed E-state index contributed by atoms with van der Waals surface area (Å²) >= 11 is 0. The molecule has 1 aromatic carbocycles. The van der Waals surface area contributed by atoms with Gasteiger partial charge in [-0.15, -0.1) is 0 Å². The Morgan fingerprint density at radius 1 is 0.977 bits per heavy atom. The van der Waals surface area contributed by atoms with Gasteiger partial charge in [-0.05, 0) is 82.2 Å². The van der Waals surface area contributed by atoms with E-state index < -0.39 is 39.9 Å². The molecule has 0 unspecified atom stereocenters. The van der Waals surface area contributed by atoms with E-state index in [1.165, 1.54) is 7.11 Å². The summed E-state index contributed by atoms with van der Waals surface area (Å²) in [4.78, 5) is 11.9. The van der Waals surface area contributed by atoms with E-state index in [0.717, 1.165) is 24.2 Å². The minimum atomic E-state index is -1.98. The Hall–Kier alpha value is -1.72. The van der Waals surface area contributed by atoms with Crippen molar-refractivity contribution in [2.24, 2.45) is 0 Å². The lowest BCUT2D eigenvalue weighted by molar-refractivity contribution is -0.323. The summed E-state index contributed by atoms with van der Waals surface area (Å²) in [6.07, 6.45) is 1.58. The number of esters is 1. The third-order valence-electron chi connectivity index (χ3n) is 9.38. The Bertz CT molecular complexity index is 1160. The maximum Gasteiger partial charge on any atom is 0.384 e. The Kier molecular flexibility index (Phi) is 12.0.